The highest BCUT2D eigenvalue weighted by molar-refractivity contribution is 8.21. The Bertz CT molecular complexity index is 321. The van der Waals surface area contributed by atoms with Crippen LogP contribution in [-0.4, -0.2) is 18.3 Å². The Kier molecular flexibility index (Phi) is 5.26. The Morgan fingerprint density at radius 3 is 2.67 bits per heavy atom. The second kappa shape index (κ2) is 6.23. The molecular weight excluding hydrogens is 224 g/mol. The zero-order chi connectivity index (χ0) is 11.3. The fourth-order valence-electron chi connectivity index (χ4n) is 1.46. The van der Waals surface area contributed by atoms with E-state index in [1.54, 1.807) is 29.6 Å². The van der Waals surface area contributed by atoms with Gasteiger partial charge in [0.2, 0.25) is 0 Å². The molecule has 15 heavy (non-hydrogen) atoms. The van der Waals surface area contributed by atoms with Gasteiger partial charge in [0, 0.05) is 15.9 Å². The number of thioether (sulfide) groups is 2. The first-order valence-electron chi connectivity index (χ1n) is 4.89. The van der Waals surface area contributed by atoms with E-state index >= 15 is 0 Å². The van der Waals surface area contributed by atoms with Crippen molar-refractivity contribution in [2.75, 3.05) is 12.5 Å². The van der Waals surface area contributed by atoms with Crippen LogP contribution in [0.15, 0.2) is 34.1 Å². The highest BCUT2D eigenvalue weighted by atomic mass is 32.2. The summed E-state index contributed by atoms with van der Waals surface area (Å²) in [4.78, 5) is 11.9. The van der Waals surface area contributed by atoms with E-state index in [2.05, 4.69) is 13.0 Å². The lowest BCUT2D eigenvalue weighted by Gasteiger charge is -2.14. The van der Waals surface area contributed by atoms with E-state index in [9.17, 15) is 4.79 Å². The van der Waals surface area contributed by atoms with Crippen molar-refractivity contribution in [3.63, 3.8) is 0 Å². The fraction of sp³-hybridized carbons (Fsp3) is 0.417. The maximum absolute atomic E-state index is 11.9. The van der Waals surface area contributed by atoms with Gasteiger partial charge in [0.05, 0.1) is 0 Å². The summed E-state index contributed by atoms with van der Waals surface area (Å²) in [5.41, 5.74) is 0.929. The molecular formula is C12H16OS2. The lowest BCUT2D eigenvalue weighted by atomic mass is 9.90. The summed E-state index contributed by atoms with van der Waals surface area (Å²) >= 11 is 3.24. The second-order valence-corrected chi connectivity index (χ2v) is 5.38. The third-order valence-corrected chi connectivity index (χ3v) is 4.41. The van der Waals surface area contributed by atoms with Gasteiger partial charge < -0.3 is 0 Å². The normalized spacial score (nSPS) is 19.7. The number of rotatable bonds is 4. The molecule has 0 N–H and O–H groups in total. The number of hydrogen-bond acceptors (Lipinski definition) is 3. The van der Waals surface area contributed by atoms with Gasteiger partial charge in [-0.25, -0.2) is 0 Å². The molecule has 0 radical (unpaired) electrons. The maximum Gasteiger partial charge on any atom is 0.183 e. The maximum atomic E-state index is 11.9. The van der Waals surface area contributed by atoms with Crippen molar-refractivity contribution >= 4 is 29.3 Å². The minimum absolute atomic E-state index is 0.158. The van der Waals surface area contributed by atoms with E-state index in [0.29, 0.717) is 5.92 Å². The summed E-state index contributed by atoms with van der Waals surface area (Å²) in [6.07, 6.45) is 12.7. The Morgan fingerprint density at radius 1 is 1.47 bits per heavy atom. The number of carbonyl (C=O) groups excluding carboxylic acids is 1. The molecule has 0 aliphatic heterocycles. The van der Waals surface area contributed by atoms with Crippen LogP contribution in [0.25, 0.3) is 0 Å². The van der Waals surface area contributed by atoms with Crippen molar-refractivity contribution < 1.29 is 4.79 Å². The average Bonchev–Trinajstić information content (AvgIpc) is 2.26. The van der Waals surface area contributed by atoms with E-state index in [0.717, 1.165) is 16.2 Å². The van der Waals surface area contributed by atoms with Crippen LogP contribution >= 0.6 is 23.5 Å². The van der Waals surface area contributed by atoms with Crippen molar-refractivity contribution in [3.8, 4) is 0 Å². The Morgan fingerprint density at radius 2 is 2.13 bits per heavy atom. The molecule has 1 rings (SSSR count). The van der Waals surface area contributed by atoms with Crippen molar-refractivity contribution in [2.45, 2.75) is 13.3 Å². The first-order chi connectivity index (χ1) is 7.19. The summed E-state index contributed by atoms with van der Waals surface area (Å²) in [7, 11) is 0. The molecule has 0 bridgehead atoms. The highest BCUT2D eigenvalue weighted by Crippen LogP contribution is 2.26. The molecule has 1 unspecified atom stereocenters. The zero-order valence-electron chi connectivity index (χ0n) is 9.32. The molecule has 0 aromatic heterocycles. The van der Waals surface area contributed by atoms with Crippen molar-refractivity contribution in [1.29, 1.82) is 0 Å². The van der Waals surface area contributed by atoms with Crippen LogP contribution < -0.4 is 0 Å². The van der Waals surface area contributed by atoms with Gasteiger partial charge in [-0.2, -0.15) is 0 Å². The molecule has 1 aliphatic carbocycles. The minimum atomic E-state index is 0.158. The molecule has 1 atom stereocenters. The van der Waals surface area contributed by atoms with Gasteiger partial charge >= 0.3 is 0 Å². The molecule has 82 valence electrons. The van der Waals surface area contributed by atoms with Crippen LogP contribution in [0.2, 0.25) is 0 Å². The van der Waals surface area contributed by atoms with Gasteiger partial charge in [-0.05, 0) is 24.9 Å². The van der Waals surface area contributed by atoms with Gasteiger partial charge in [-0.1, -0.05) is 25.2 Å². The van der Waals surface area contributed by atoms with E-state index in [1.807, 2.05) is 24.7 Å². The first kappa shape index (κ1) is 12.7. The van der Waals surface area contributed by atoms with Crippen LogP contribution in [0.5, 0.6) is 0 Å². The van der Waals surface area contributed by atoms with Crippen molar-refractivity contribution in [3.05, 3.63) is 34.1 Å². The Hall–Kier alpha value is -0.410. The predicted octanol–water partition coefficient (Wildman–Crippen LogP) is 3.65. The summed E-state index contributed by atoms with van der Waals surface area (Å²) < 4.78 is 1.07. The summed E-state index contributed by atoms with van der Waals surface area (Å²) in [5, 5.41) is 0. The van der Waals surface area contributed by atoms with E-state index < -0.39 is 0 Å². The quantitative estimate of drug-likeness (QED) is 0.698. The second-order valence-electron chi connectivity index (χ2n) is 3.42. The number of allylic oxidation sites excluding steroid dienone is 5. The van der Waals surface area contributed by atoms with E-state index in [-0.39, 0.29) is 5.78 Å². The van der Waals surface area contributed by atoms with Gasteiger partial charge in [0.15, 0.2) is 5.78 Å². The van der Waals surface area contributed by atoms with Gasteiger partial charge in [-0.3, -0.25) is 4.79 Å². The molecule has 0 aromatic rings. The predicted molar refractivity (Wildman–Crippen MR) is 71.1 cm³/mol. The monoisotopic (exact) mass is 240 g/mol. The molecule has 0 heterocycles. The summed E-state index contributed by atoms with van der Waals surface area (Å²) in [5.74, 6) is 0.509. The third kappa shape index (κ3) is 3.58. The first-order valence-corrected chi connectivity index (χ1v) is 7.34. The minimum Gasteiger partial charge on any atom is -0.290 e. The average molecular weight is 240 g/mol. The Labute approximate surface area is 100 Å². The number of ketones is 1. The molecule has 0 amide bonds. The molecule has 1 nitrogen and oxygen atoms in total. The molecule has 1 aliphatic rings. The topological polar surface area (TPSA) is 17.1 Å². The number of hydrogen-bond donors (Lipinski definition) is 0. The molecule has 0 saturated carbocycles. The van der Waals surface area contributed by atoms with Gasteiger partial charge in [0.25, 0.3) is 0 Å². The summed E-state index contributed by atoms with van der Waals surface area (Å²) in [6, 6.07) is 0. The standard InChI is InChI=1S/C12H16OS2/c1-9-6-4-5-7-10(9)11(13)8-12(14-2)15-3/h4-5,7-9H,6H2,1-3H3. The SMILES string of the molecule is CSC(=CC(=O)C1=CC=CCC1C)SC. The highest BCUT2D eigenvalue weighted by Gasteiger charge is 2.16. The fourth-order valence-corrected chi connectivity index (χ4v) is 2.58. The lowest BCUT2D eigenvalue weighted by Crippen LogP contribution is -2.10. The zero-order valence-corrected chi connectivity index (χ0v) is 11.0. The smallest absolute Gasteiger partial charge is 0.183 e. The Balaban J connectivity index is 2.80. The van der Waals surface area contributed by atoms with E-state index in [4.69, 9.17) is 0 Å². The summed E-state index contributed by atoms with van der Waals surface area (Å²) in [6.45, 7) is 2.10. The third-order valence-electron chi connectivity index (χ3n) is 2.37. The van der Waals surface area contributed by atoms with Gasteiger partial charge in [-0.15, -0.1) is 23.5 Å². The molecule has 3 heteroatoms. The van der Waals surface area contributed by atoms with Gasteiger partial charge in [0.1, 0.15) is 0 Å². The van der Waals surface area contributed by atoms with E-state index in [1.165, 1.54) is 0 Å². The molecule has 0 fully saturated rings. The van der Waals surface area contributed by atoms with Crippen LogP contribution in [0.3, 0.4) is 0 Å². The van der Waals surface area contributed by atoms with Crippen LogP contribution in [0, 0.1) is 5.92 Å². The molecule has 0 aromatic carbocycles. The number of carbonyl (C=O) groups is 1. The van der Waals surface area contributed by atoms with Crippen molar-refractivity contribution in [1.82, 2.24) is 0 Å². The van der Waals surface area contributed by atoms with Crippen LogP contribution in [0.4, 0.5) is 0 Å². The molecule has 0 spiro atoms. The van der Waals surface area contributed by atoms with Crippen LogP contribution in [-0.2, 0) is 4.79 Å². The van der Waals surface area contributed by atoms with Crippen LogP contribution in [0.1, 0.15) is 13.3 Å². The lowest BCUT2D eigenvalue weighted by molar-refractivity contribution is -0.111. The van der Waals surface area contributed by atoms with Crippen molar-refractivity contribution in [2.24, 2.45) is 5.92 Å². The largest absolute Gasteiger partial charge is 0.290 e. The molecule has 0 saturated heterocycles.